The lowest BCUT2D eigenvalue weighted by molar-refractivity contribution is 0.102. The molecule has 0 aliphatic heterocycles. The maximum Gasteiger partial charge on any atom is 0.255 e. The number of hydrogen-bond acceptors (Lipinski definition) is 3. The molecule has 0 atom stereocenters. The fraction of sp³-hybridized carbons (Fsp3) is 0.278. The van der Waals surface area contributed by atoms with Gasteiger partial charge in [0.1, 0.15) is 5.69 Å². The maximum atomic E-state index is 12.5. The molecule has 2 heterocycles. The molecule has 4 rings (SSSR count). The zero-order valence-corrected chi connectivity index (χ0v) is 13.7. The minimum absolute atomic E-state index is 0.105. The molecule has 2 aromatic heterocycles. The average Bonchev–Trinajstić information content (AvgIpc) is 3.25. The Bertz CT molecular complexity index is 890. The Labute approximate surface area is 140 Å². The van der Waals surface area contributed by atoms with Crippen LogP contribution in [0.3, 0.4) is 0 Å². The lowest BCUT2D eigenvalue weighted by atomic mass is 10.1. The molecular formula is C18H19N5O. The monoisotopic (exact) mass is 321 g/mol. The summed E-state index contributed by atoms with van der Waals surface area (Å²) in [5.74, 6) is 0.337. The molecule has 0 spiro atoms. The van der Waals surface area contributed by atoms with Gasteiger partial charge in [0.2, 0.25) is 0 Å². The van der Waals surface area contributed by atoms with Crippen LogP contribution in [0, 0.1) is 6.92 Å². The van der Waals surface area contributed by atoms with E-state index in [-0.39, 0.29) is 5.91 Å². The van der Waals surface area contributed by atoms with Crippen molar-refractivity contribution in [1.29, 1.82) is 0 Å². The highest BCUT2D eigenvalue weighted by molar-refractivity contribution is 6.05. The molecule has 1 aliphatic rings. The molecular weight excluding hydrogens is 302 g/mol. The zero-order chi connectivity index (χ0) is 16.7. The van der Waals surface area contributed by atoms with Crippen molar-refractivity contribution in [3.8, 4) is 5.69 Å². The smallest absolute Gasteiger partial charge is 0.255 e. The predicted octanol–water partition coefficient (Wildman–Crippen LogP) is 3.04. The van der Waals surface area contributed by atoms with Crippen LogP contribution in [0.25, 0.3) is 5.69 Å². The summed E-state index contributed by atoms with van der Waals surface area (Å²) in [4.78, 5) is 12.5. The van der Waals surface area contributed by atoms with Crippen molar-refractivity contribution in [2.75, 3.05) is 5.32 Å². The number of anilines is 1. The van der Waals surface area contributed by atoms with Gasteiger partial charge in [0.25, 0.3) is 5.91 Å². The van der Waals surface area contributed by atoms with E-state index in [0.29, 0.717) is 11.5 Å². The van der Waals surface area contributed by atoms with Gasteiger partial charge in [0.15, 0.2) is 0 Å². The second kappa shape index (κ2) is 5.63. The van der Waals surface area contributed by atoms with Crippen LogP contribution in [0.2, 0.25) is 0 Å². The van der Waals surface area contributed by atoms with E-state index in [1.807, 2.05) is 55.2 Å². The molecule has 1 saturated carbocycles. The first kappa shape index (κ1) is 14.7. The second-order valence-corrected chi connectivity index (χ2v) is 6.22. The number of amides is 1. The van der Waals surface area contributed by atoms with E-state index in [1.165, 1.54) is 0 Å². The third kappa shape index (κ3) is 2.60. The summed E-state index contributed by atoms with van der Waals surface area (Å²) in [5, 5.41) is 11.9. The van der Waals surface area contributed by atoms with Crippen molar-refractivity contribution >= 4 is 11.6 Å². The lowest BCUT2D eigenvalue weighted by Gasteiger charge is -2.09. The third-order valence-electron chi connectivity index (χ3n) is 4.27. The summed E-state index contributed by atoms with van der Waals surface area (Å²) < 4.78 is 3.67. The van der Waals surface area contributed by atoms with Gasteiger partial charge < -0.3 is 5.32 Å². The Morgan fingerprint density at radius 1 is 1.25 bits per heavy atom. The molecule has 0 bridgehead atoms. The van der Waals surface area contributed by atoms with Crippen molar-refractivity contribution in [2.45, 2.75) is 25.7 Å². The van der Waals surface area contributed by atoms with Crippen molar-refractivity contribution in [1.82, 2.24) is 19.6 Å². The number of aromatic nitrogens is 4. The van der Waals surface area contributed by atoms with E-state index in [0.717, 1.165) is 35.6 Å². The van der Waals surface area contributed by atoms with Crippen LogP contribution in [0.1, 0.15) is 40.5 Å². The zero-order valence-electron chi connectivity index (χ0n) is 13.7. The molecule has 0 radical (unpaired) electrons. The number of nitrogens with one attached hydrogen (secondary N) is 1. The van der Waals surface area contributed by atoms with Gasteiger partial charge in [-0.25, -0.2) is 4.68 Å². The Morgan fingerprint density at radius 2 is 2.00 bits per heavy atom. The Hall–Kier alpha value is -2.89. The van der Waals surface area contributed by atoms with E-state index >= 15 is 0 Å². The van der Waals surface area contributed by atoms with Gasteiger partial charge in [-0.05, 0) is 31.9 Å². The summed E-state index contributed by atoms with van der Waals surface area (Å²) in [6.07, 6.45) is 5.97. The van der Waals surface area contributed by atoms with E-state index in [1.54, 1.807) is 10.9 Å². The fourth-order valence-electron chi connectivity index (χ4n) is 2.92. The third-order valence-corrected chi connectivity index (χ3v) is 4.27. The second-order valence-electron chi connectivity index (χ2n) is 6.22. The van der Waals surface area contributed by atoms with Crippen molar-refractivity contribution < 1.29 is 4.79 Å². The van der Waals surface area contributed by atoms with E-state index in [9.17, 15) is 4.79 Å². The molecule has 1 aliphatic carbocycles. The van der Waals surface area contributed by atoms with Crippen LogP contribution in [-0.4, -0.2) is 25.5 Å². The van der Waals surface area contributed by atoms with Gasteiger partial charge >= 0.3 is 0 Å². The van der Waals surface area contributed by atoms with Crippen molar-refractivity contribution in [2.24, 2.45) is 7.05 Å². The molecule has 24 heavy (non-hydrogen) atoms. The van der Waals surface area contributed by atoms with E-state index in [4.69, 9.17) is 0 Å². The predicted molar refractivity (Wildman–Crippen MR) is 91.4 cm³/mol. The van der Waals surface area contributed by atoms with E-state index < -0.39 is 0 Å². The number of rotatable bonds is 4. The normalized spacial score (nSPS) is 13.9. The molecule has 1 N–H and O–H groups in total. The van der Waals surface area contributed by atoms with Crippen LogP contribution >= 0.6 is 0 Å². The average molecular weight is 321 g/mol. The maximum absolute atomic E-state index is 12.5. The van der Waals surface area contributed by atoms with Crippen LogP contribution in [0.4, 0.5) is 5.69 Å². The molecule has 0 saturated heterocycles. The number of nitrogens with zero attached hydrogens (tertiary/aromatic N) is 4. The van der Waals surface area contributed by atoms with Crippen LogP contribution < -0.4 is 5.32 Å². The SMILES string of the molecule is Cc1nn(-c2cnn(C)c2)c(C2CC2)c1NC(=O)c1ccccc1. The fourth-order valence-corrected chi connectivity index (χ4v) is 2.92. The summed E-state index contributed by atoms with van der Waals surface area (Å²) in [5.41, 5.74) is 4.29. The highest BCUT2D eigenvalue weighted by atomic mass is 16.1. The summed E-state index contributed by atoms with van der Waals surface area (Å²) >= 11 is 0. The first-order chi connectivity index (χ1) is 11.6. The first-order valence-corrected chi connectivity index (χ1v) is 8.08. The largest absolute Gasteiger partial charge is 0.319 e. The molecule has 3 aromatic rings. The minimum Gasteiger partial charge on any atom is -0.319 e. The molecule has 1 amide bonds. The number of benzene rings is 1. The standard InChI is InChI=1S/C18H19N5O/c1-12-16(20-18(24)14-6-4-3-5-7-14)17(13-8-9-13)23(21-12)15-10-19-22(2)11-15/h3-7,10-11,13H,8-9H2,1-2H3,(H,20,24). The van der Waals surface area contributed by atoms with Gasteiger partial charge in [-0.1, -0.05) is 18.2 Å². The summed E-state index contributed by atoms with van der Waals surface area (Å²) in [6.45, 7) is 1.93. The number of aryl methyl sites for hydroxylation is 2. The van der Waals surface area contributed by atoms with Crippen LogP contribution in [-0.2, 0) is 7.05 Å². The van der Waals surface area contributed by atoms with Gasteiger partial charge in [-0.3, -0.25) is 9.48 Å². The first-order valence-electron chi connectivity index (χ1n) is 8.08. The molecule has 6 nitrogen and oxygen atoms in total. The molecule has 1 fully saturated rings. The Morgan fingerprint density at radius 3 is 2.62 bits per heavy atom. The van der Waals surface area contributed by atoms with Gasteiger partial charge in [-0.2, -0.15) is 10.2 Å². The Balaban J connectivity index is 1.73. The van der Waals surface area contributed by atoms with Crippen LogP contribution in [0.5, 0.6) is 0 Å². The van der Waals surface area contributed by atoms with Crippen molar-refractivity contribution in [3.63, 3.8) is 0 Å². The van der Waals surface area contributed by atoms with Gasteiger partial charge in [-0.15, -0.1) is 0 Å². The number of carbonyl (C=O) groups is 1. The summed E-state index contributed by atoms with van der Waals surface area (Å²) in [6, 6.07) is 9.25. The highest BCUT2D eigenvalue weighted by Gasteiger charge is 2.33. The Kier molecular flexibility index (Phi) is 3.45. The molecule has 0 unspecified atom stereocenters. The summed E-state index contributed by atoms with van der Waals surface area (Å²) in [7, 11) is 1.88. The minimum atomic E-state index is -0.105. The van der Waals surface area contributed by atoms with Gasteiger partial charge in [0.05, 0.1) is 29.5 Å². The lowest BCUT2D eigenvalue weighted by Crippen LogP contribution is -2.13. The topological polar surface area (TPSA) is 64.7 Å². The number of carbonyl (C=O) groups excluding carboxylic acids is 1. The quantitative estimate of drug-likeness (QED) is 0.803. The highest BCUT2D eigenvalue weighted by Crippen LogP contribution is 2.45. The molecule has 1 aromatic carbocycles. The molecule has 6 heteroatoms. The van der Waals surface area contributed by atoms with E-state index in [2.05, 4.69) is 15.5 Å². The molecule has 122 valence electrons. The van der Waals surface area contributed by atoms with Gasteiger partial charge in [0, 0.05) is 18.5 Å². The van der Waals surface area contributed by atoms with Crippen molar-refractivity contribution in [3.05, 3.63) is 59.7 Å². The van der Waals surface area contributed by atoms with Crippen LogP contribution in [0.15, 0.2) is 42.7 Å². The number of hydrogen-bond donors (Lipinski definition) is 1.